The zero-order valence-corrected chi connectivity index (χ0v) is 10.1. The predicted molar refractivity (Wildman–Crippen MR) is 67.4 cm³/mol. The van der Waals surface area contributed by atoms with Crippen LogP contribution < -0.4 is 10.6 Å². The molecule has 6 heteroatoms. The number of hydrogen-bond acceptors (Lipinski definition) is 5. The van der Waals surface area contributed by atoms with Crippen molar-refractivity contribution in [2.75, 3.05) is 38.1 Å². The summed E-state index contributed by atoms with van der Waals surface area (Å²) in [7, 11) is 2.12. The van der Waals surface area contributed by atoms with E-state index in [4.69, 9.17) is 11.1 Å². The second kappa shape index (κ2) is 5.09. The monoisotopic (exact) mass is 234 g/mol. The number of anilines is 1. The summed E-state index contributed by atoms with van der Waals surface area (Å²) in [5.74, 6) is 0.661. The number of nitrogen functional groups attached to an aromatic ring is 1. The van der Waals surface area contributed by atoms with Crippen molar-refractivity contribution in [2.45, 2.75) is 6.42 Å². The molecule has 1 aromatic rings. The van der Waals surface area contributed by atoms with Gasteiger partial charge in [-0.15, -0.1) is 0 Å². The number of amidine groups is 1. The first-order valence-corrected chi connectivity index (χ1v) is 5.78. The molecule has 1 fully saturated rings. The molecule has 0 radical (unpaired) electrons. The molecule has 3 N–H and O–H groups in total. The van der Waals surface area contributed by atoms with Gasteiger partial charge in [0.1, 0.15) is 11.5 Å². The Bertz CT molecular complexity index is 405. The van der Waals surface area contributed by atoms with Crippen LogP contribution in [0.3, 0.4) is 0 Å². The number of nitrogens with two attached hydrogens (primary N) is 1. The van der Waals surface area contributed by atoms with E-state index < -0.39 is 0 Å². The average Bonchev–Trinajstić information content (AvgIpc) is 2.54. The molecule has 1 saturated heterocycles. The highest BCUT2D eigenvalue weighted by Crippen LogP contribution is 2.10. The molecule has 0 spiro atoms. The van der Waals surface area contributed by atoms with Gasteiger partial charge in [-0.1, -0.05) is 0 Å². The maximum atomic E-state index is 7.38. The molecule has 0 atom stereocenters. The molecule has 2 rings (SSSR count). The first-order chi connectivity index (χ1) is 8.16. The van der Waals surface area contributed by atoms with Gasteiger partial charge in [0.25, 0.3) is 0 Å². The Morgan fingerprint density at radius 2 is 2.18 bits per heavy atom. The molecule has 0 aliphatic carbocycles. The molecule has 1 aliphatic rings. The first-order valence-electron chi connectivity index (χ1n) is 5.78. The highest BCUT2D eigenvalue weighted by atomic mass is 15.3. The van der Waals surface area contributed by atoms with Gasteiger partial charge in [-0.05, 0) is 26.1 Å². The Labute approximate surface area is 101 Å². The molecule has 0 bridgehead atoms. The summed E-state index contributed by atoms with van der Waals surface area (Å²) < 4.78 is 0. The summed E-state index contributed by atoms with van der Waals surface area (Å²) in [6.45, 7) is 3.97. The number of nitrogens with zero attached hydrogens (tertiary/aromatic N) is 4. The summed E-state index contributed by atoms with van der Waals surface area (Å²) in [5.41, 5.74) is 5.92. The predicted octanol–water partition coefficient (Wildman–Crippen LogP) is -0.0974. The van der Waals surface area contributed by atoms with Crippen LogP contribution in [-0.2, 0) is 0 Å². The van der Waals surface area contributed by atoms with Crippen LogP contribution in [0.2, 0.25) is 0 Å². The van der Waals surface area contributed by atoms with Crippen molar-refractivity contribution in [3.05, 3.63) is 18.0 Å². The van der Waals surface area contributed by atoms with Crippen LogP contribution in [-0.4, -0.2) is 53.9 Å². The zero-order valence-electron chi connectivity index (χ0n) is 10.1. The van der Waals surface area contributed by atoms with E-state index in [1.807, 2.05) is 0 Å². The van der Waals surface area contributed by atoms with Gasteiger partial charge in [0, 0.05) is 25.8 Å². The third-order valence-electron chi connectivity index (χ3n) is 2.92. The van der Waals surface area contributed by atoms with Gasteiger partial charge < -0.3 is 15.5 Å². The second-order valence-electron chi connectivity index (χ2n) is 4.30. The number of hydrogen-bond donors (Lipinski definition) is 2. The third kappa shape index (κ3) is 2.91. The van der Waals surface area contributed by atoms with Gasteiger partial charge in [0.15, 0.2) is 0 Å². The first kappa shape index (κ1) is 11.8. The van der Waals surface area contributed by atoms with E-state index in [0.717, 1.165) is 32.6 Å². The topological polar surface area (TPSA) is 82.1 Å². The van der Waals surface area contributed by atoms with Crippen LogP contribution >= 0.6 is 0 Å². The van der Waals surface area contributed by atoms with Crippen LogP contribution in [0.1, 0.15) is 12.1 Å². The Morgan fingerprint density at radius 1 is 1.35 bits per heavy atom. The summed E-state index contributed by atoms with van der Waals surface area (Å²) in [6.07, 6.45) is 2.76. The van der Waals surface area contributed by atoms with Gasteiger partial charge in [-0.25, -0.2) is 9.97 Å². The van der Waals surface area contributed by atoms with E-state index in [2.05, 4.69) is 26.8 Å². The Balaban J connectivity index is 2.15. The van der Waals surface area contributed by atoms with Crippen LogP contribution in [0, 0.1) is 5.41 Å². The van der Waals surface area contributed by atoms with E-state index in [1.165, 1.54) is 0 Å². The van der Waals surface area contributed by atoms with E-state index in [-0.39, 0.29) is 5.84 Å². The lowest BCUT2D eigenvalue weighted by molar-refractivity contribution is 0.360. The molecule has 17 heavy (non-hydrogen) atoms. The number of rotatable bonds is 2. The van der Waals surface area contributed by atoms with Gasteiger partial charge >= 0.3 is 0 Å². The van der Waals surface area contributed by atoms with E-state index in [0.29, 0.717) is 11.6 Å². The molecule has 1 aromatic heterocycles. The second-order valence-corrected chi connectivity index (χ2v) is 4.30. The molecule has 1 aliphatic heterocycles. The summed E-state index contributed by atoms with van der Waals surface area (Å²) in [4.78, 5) is 13.0. The number of likely N-dealkylation sites (N-methyl/N-ethyl adjacent to an activating group) is 1. The summed E-state index contributed by atoms with van der Waals surface area (Å²) in [5, 5.41) is 7.38. The van der Waals surface area contributed by atoms with Crippen molar-refractivity contribution in [3.63, 3.8) is 0 Å². The van der Waals surface area contributed by atoms with Crippen molar-refractivity contribution in [1.82, 2.24) is 14.9 Å². The molecule has 0 unspecified atom stereocenters. The molecular formula is C11H18N6. The minimum atomic E-state index is -0.0133. The fraction of sp³-hybridized carbons (Fsp3) is 0.545. The SMILES string of the molecule is CN1CCCN(c2nccc(C(=N)N)n2)CC1. The van der Waals surface area contributed by atoms with E-state index >= 15 is 0 Å². The maximum absolute atomic E-state index is 7.38. The lowest BCUT2D eigenvalue weighted by atomic mass is 10.3. The molecule has 0 saturated carbocycles. The lowest BCUT2D eigenvalue weighted by Gasteiger charge is -2.20. The van der Waals surface area contributed by atoms with Crippen molar-refractivity contribution in [1.29, 1.82) is 5.41 Å². The fourth-order valence-electron chi connectivity index (χ4n) is 1.90. The molecule has 92 valence electrons. The Kier molecular flexibility index (Phi) is 3.53. The van der Waals surface area contributed by atoms with Crippen LogP contribution in [0.15, 0.2) is 12.3 Å². The minimum Gasteiger partial charge on any atom is -0.382 e. The molecular weight excluding hydrogens is 216 g/mol. The highest BCUT2D eigenvalue weighted by Gasteiger charge is 2.15. The standard InChI is InChI=1S/C11H18N6/c1-16-5-2-6-17(8-7-16)11-14-4-3-9(15-11)10(12)13/h3-4H,2,5-8H2,1H3,(H3,12,13). The van der Waals surface area contributed by atoms with Crippen molar-refractivity contribution in [3.8, 4) is 0 Å². The number of aromatic nitrogens is 2. The van der Waals surface area contributed by atoms with Crippen LogP contribution in [0.5, 0.6) is 0 Å². The van der Waals surface area contributed by atoms with Gasteiger partial charge in [0.05, 0.1) is 0 Å². The molecule has 2 heterocycles. The van der Waals surface area contributed by atoms with E-state index in [1.54, 1.807) is 12.3 Å². The Morgan fingerprint density at radius 3 is 2.94 bits per heavy atom. The highest BCUT2D eigenvalue weighted by molar-refractivity contribution is 5.93. The summed E-state index contributed by atoms with van der Waals surface area (Å²) >= 11 is 0. The fourth-order valence-corrected chi connectivity index (χ4v) is 1.90. The third-order valence-corrected chi connectivity index (χ3v) is 2.92. The van der Waals surface area contributed by atoms with Crippen molar-refractivity contribution in [2.24, 2.45) is 5.73 Å². The van der Waals surface area contributed by atoms with Gasteiger partial charge in [-0.2, -0.15) is 0 Å². The average molecular weight is 234 g/mol. The number of nitrogens with one attached hydrogen (secondary N) is 1. The largest absolute Gasteiger partial charge is 0.382 e. The smallest absolute Gasteiger partial charge is 0.226 e. The van der Waals surface area contributed by atoms with Crippen LogP contribution in [0.25, 0.3) is 0 Å². The van der Waals surface area contributed by atoms with Crippen molar-refractivity contribution >= 4 is 11.8 Å². The summed E-state index contributed by atoms with van der Waals surface area (Å²) in [6, 6.07) is 1.66. The molecule has 0 amide bonds. The van der Waals surface area contributed by atoms with Gasteiger partial charge in [-0.3, -0.25) is 5.41 Å². The quantitative estimate of drug-likeness (QED) is 0.551. The molecule has 0 aromatic carbocycles. The lowest BCUT2D eigenvalue weighted by Crippen LogP contribution is -2.30. The molecule has 6 nitrogen and oxygen atoms in total. The van der Waals surface area contributed by atoms with Crippen LogP contribution in [0.4, 0.5) is 5.95 Å². The van der Waals surface area contributed by atoms with E-state index in [9.17, 15) is 0 Å². The van der Waals surface area contributed by atoms with Crippen molar-refractivity contribution < 1.29 is 0 Å². The normalized spacial score (nSPS) is 17.8. The maximum Gasteiger partial charge on any atom is 0.226 e. The minimum absolute atomic E-state index is 0.0133. The van der Waals surface area contributed by atoms with Gasteiger partial charge in [0.2, 0.25) is 5.95 Å². The Hall–Kier alpha value is -1.69. The zero-order chi connectivity index (χ0) is 12.3.